The van der Waals surface area contributed by atoms with Crippen LogP contribution in [0.5, 0.6) is 5.75 Å². The van der Waals surface area contributed by atoms with Crippen LogP contribution in [0, 0.1) is 0 Å². The maximum Gasteiger partial charge on any atom is 0.387 e. The zero-order valence-corrected chi connectivity index (χ0v) is 16.9. The van der Waals surface area contributed by atoms with Gasteiger partial charge in [0.2, 0.25) is 0 Å². The quantitative estimate of drug-likeness (QED) is 0.383. The Bertz CT molecular complexity index is 1480. The number of hydrogen-bond donors (Lipinski definition) is 2. The van der Waals surface area contributed by atoms with Gasteiger partial charge in [-0.2, -0.15) is 19.0 Å². The molecule has 0 aliphatic rings. The summed E-state index contributed by atoms with van der Waals surface area (Å²) in [5.74, 6) is -1.18. The Morgan fingerprint density at radius 2 is 1.94 bits per heavy atom. The number of halogens is 2. The number of carboxylic acids is 1. The van der Waals surface area contributed by atoms with Crippen LogP contribution in [0.3, 0.4) is 0 Å². The number of ether oxygens (including phenoxy) is 1. The summed E-state index contributed by atoms with van der Waals surface area (Å²) >= 11 is 0. The highest BCUT2D eigenvalue weighted by Gasteiger charge is 2.21. The number of rotatable bonds is 7. The number of hydrogen-bond acceptors (Lipinski definition) is 6. The standard InChI is InChI=1S/C22H16F2N6O3/c23-22(24)33-18-9-14-5-2-1-4-13(14)8-15(18)20-17(11-29(28-20)12-19(31)32)27-16-10-26-30-7-3-6-25-21(16)30/h1-11,22,27H,12H2,(H,31,32). The predicted molar refractivity (Wildman–Crippen MR) is 116 cm³/mol. The van der Waals surface area contributed by atoms with Gasteiger partial charge in [0.25, 0.3) is 0 Å². The van der Waals surface area contributed by atoms with Gasteiger partial charge in [0, 0.05) is 24.2 Å². The molecule has 0 spiro atoms. The van der Waals surface area contributed by atoms with E-state index in [4.69, 9.17) is 4.74 Å². The van der Waals surface area contributed by atoms with Gasteiger partial charge in [0.05, 0.1) is 11.9 Å². The van der Waals surface area contributed by atoms with Crippen molar-refractivity contribution in [2.75, 3.05) is 5.32 Å². The van der Waals surface area contributed by atoms with E-state index in [1.54, 1.807) is 47.4 Å². The average Bonchev–Trinajstić information content (AvgIpc) is 3.37. The molecule has 0 saturated heterocycles. The molecule has 0 amide bonds. The summed E-state index contributed by atoms with van der Waals surface area (Å²) < 4.78 is 34.0. The molecule has 2 N–H and O–H groups in total. The van der Waals surface area contributed by atoms with Crippen molar-refractivity contribution in [1.82, 2.24) is 24.4 Å². The van der Waals surface area contributed by atoms with Crippen molar-refractivity contribution in [2.24, 2.45) is 0 Å². The van der Waals surface area contributed by atoms with Crippen LogP contribution in [-0.4, -0.2) is 42.1 Å². The summed E-state index contributed by atoms with van der Waals surface area (Å²) in [6, 6.07) is 12.1. The number of fused-ring (bicyclic) bond motifs is 2. The summed E-state index contributed by atoms with van der Waals surface area (Å²) in [6.45, 7) is -3.47. The summed E-state index contributed by atoms with van der Waals surface area (Å²) in [5, 5.41) is 22.4. The van der Waals surface area contributed by atoms with E-state index in [0.29, 0.717) is 22.4 Å². The van der Waals surface area contributed by atoms with Crippen molar-refractivity contribution < 1.29 is 23.4 Å². The van der Waals surface area contributed by atoms with Crippen LogP contribution in [0.2, 0.25) is 0 Å². The van der Waals surface area contributed by atoms with Gasteiger partial charge >= 0.3 is 12.6 Å². The first-order valence-corrected chi connectivity index (χ1v) is 9.80. The number of anilines is 2. The molecule has 0 fully saturated rings. The summed E-state index contributed by atoms with van der Waals surface area (Å²) in [5.41, 5.74) is 1.96. The maximum absolute atomic E-state index is 13.2. The molecular formula is C22H16F2N6O3. The minimum atomic E-state index is -3.05. The molecule has 0 saturated carbocycles. The number of aromatic nitrogens is 5. The van der Waals surface area contributed by atoms with Crippen LogP contribution in [0.15, 0.2) is 67.3 Å². The average molecular weight is 450 g/mol. The zero-order chi connectivity index (χ0) is 22.9. The van der Waals surface area contributed by atoms with Crippen LogP contribution in [-0.2, 0) is 11.3 Å². The second-order valence-electron chi connectivity index (χ2n) is 7.13. The van der Waals surface area contributed by atoms with Crippen LogP contribution < -0.4 is 10.1 Å². The van der Waals surface area contributed by atoms with Crippen LogP contribution >= 0.6 is 0 Å². The Labute approximate surface area is 184 Å². The summed E-state index contributed by atoms with van der Waals surface area (Å²) in [6.07, 6.45) is 6.36. The fraction of sp³-hybridized carbons (Fsp3) is 0.0909. The lowest BCUT2D eigenvalue weighted by Gasteiger charge is -2.13. The second kappa shape index (κ2) is 8.19. The van der Waals surface area contributed by atoms with Gasteiger partial charge in [-0.15, -0.1) is 0 Å². The van der Waals surface area contributed by atoms with Gasteiger partial charge in [-0.25, -0.2) is 9.50 Å². The Morgan fingerprint density at radius 3 is 2.70 bits per heavy atom. The minimum absolute atomic E-state index is 0.0784. The van der Waals surface area contributed by atoms with Gasteiger partial charge in [-0.05, 0) is 29.0 Å². The van der Waals surface area contributed by atoms with Crippen molar-refractivity contribution >= 4 is 33.8 Å². The van der Waals surface area contributed by atoms with E-state index in [9.17, 15) is 18.7 Å². The summed E-state index contributed by atoms with van der Waals surface area (Å²) in [7, 11) is 0. The number of alkyl halides is 2. The Hall–Kier alpha value is -4.54. The number of aliphatic carboxylic acids is 1. The van der Waals surface area contributed by atoms with Gasteiger partial charge in [0.15, 0.2) is 5.65 Å². The molecule has 3 heterocycles. The molecule has 9 nitrogen and oxygen atoms in total. The normalized spacial score (nSPS) is 11.4. The number of nitrogens with zero attached hydrogens (tertiary/aromatic N) is 5. The van der Waals surface area contributed by atoms with Gasteiger partial charge in [-0.1, -0.05) is 24.3 Å². The largest absolute Gasteiger partial charge is 0.480 e. The first kappa shape index (κ1) is 20.4. The lowest BCUT2D eigenvalue weighted by molar-refractivity contribution is -0.137. The van der Waals surface area contributed by atoms with E-state index in [1.807, 2.05) is 12.1 Å². The second-order valence-corrected chi connectivity index (χ2v) is 7.13. The first-order chi connectivity index (χ1) is 16.0. The third-order valence-corrected chi connectivity index (χ3v) is 4.93. The summed E-state index contributed by atoms with van der Waals surface area (Å²) in [4.78, 5) is 15.6. The molecule has 166 valence electrons. The van der Waals surface area contributed by atoms with Gasteiger partial charge in [-0.3, -0.25) is 9.48 Å². The van der Waals surface area contributed by atoms with Crippen molar-refractivity contribution in [3.05, 3.63) is 67.3 Å². The van der Waals surface area contributed by atoms with Crippen molar-refractivity contribution in [1.29, 1.82) is 0 Å². The molecule has 0 unspecified atom stereocenters. The molecule has 0 aliphatic carbocycles. The molecule has 5 aromatic rings. The minimum Gasteiger partial charge on any atom is -0.480 e. The van der Waals surface area contributed by atoms with Gasteiger partial charge in [0.1, 0.15) is 23.7 Å². The Kier molecular flexibility index (Phi) is 5.05. The molecule has 0 atom stereocenters. The fourth-order valence-corrected chi connectivity index (χ4v) is 3.59. The van der Waals surface area contributed by atoms with Gasteiger partial charge < -0.3 is 15.2 Å². The SMILES string of the molecule is O=C(O)Cn1cc(Nc2cnn3cccnc23)c(-c2cc3ccccc3cc2OC(F)F)n1. The molecule has 3 aromatic heterocycles. The fourth-order valence-electron chi connectivity index (χ4n) is 3.59. The molecule has 2 aromatic carbocycles. The first-order valence-electron chi connectivity index (χ1n) is 9.80. The lowest BCUT2D eigenvalue weighted by Crippen LogP contribution is -2.09. The van der Waals surface area contributed by atoms with E-state index >= 15 is 0 Å². The maximum atomic E-state index is 13.2. The Morgan fingerprint density at radius 1 is 1.15 bits per heavy atom. The highest BCUT2D eigenvalue weighted by molar-refractivity contribution is 5.93. The van der Waals surface area contributed by atoms with Crippen molar-refractivity contribution in [3.8, 4) is 17.0 Å². The van der Waals surface area contributed by atoms with E-state index in [2.05, 4.69) is 20.5 Å². The lowest BCUT2D eigenvalue weighted by atomic mass is 10.0. The molecule has 11 heteroatoms. The van der Waals surface area contributed by atoms with Crippen LogP contribution in [0.4, 0.5) is 20.2 Å². The number of carbonyl (C=O) groups is 1. The van der Waals surface area contributed by atoms with E-state index < -0.39 is 19.1 Å². The van der Waals surface area contributed by atoms with E-state index in [0.717, 1.165) is 5.39 Å². The van der Waals surface area contributed by atoms with Crippen LogP contribution in [0.25, 0.3) is 27.7 Å². The molecule has 0 aliphatic heterocycles. The van der Waals surface area contributed by atoms with E-state index in [-0.39, 0.29) is 17.0 Å². The highest BCUT2D eigenvalue weighted by Crippen LogP contribution is 2.39. The third kappa shape index (κ3) is 4.03. The smallest absolute Gasteiger partial charge is 0.387 e. The molecule has 5 rings (SSSR count). The third-order valence-electron chi connectivity index (χ3n) is 4.93. The van der Waals surface area contributed by atoms with Crippen molar-refractivity contribution in [2.45, 2.75) is 13.2 Å². The topological polar surface area (TPSA) is 107 Å². The number of nitrogens with one attached hydrogen (secondary N) is 1. The highest BCUT2D eigenvalue weighted by atomic mass is 19.3. The molecule has 0 bridgehead atoms. The van der Waals surface area contributed by atoms with E-state index in [1.165, 1.54) is 16.9 Å². The van der Waals surface area contributed by atoms with Crippen LogP contribution in [0.1, 0.15) is 0 Å². The predicted octanol–water partition coefficient (Wildman–Crippen LogP) is 4.18. The molecule has 33 heavy (non-hydrogen) atoms. The zero-order valence-electron chi connectivity index (χ0n) is 16.9. The molecular weight excluding hydrogens is 434 g/mol. The molecule has 0 radical (unpaired) electrons. The van der Waals surface area contributed by atoms with Crippen molar-refractivity contribution in [3.63, 3.8) is 0 Å². The Balaban J connectivity index is 1.67. The monoisotopic (exact) mass is 450 g/mol. The number of benzene rings is 2. The number of carboxylic acid groups (broad SMARTS) is 1.